The standard InChI is InChI=1S/C29H34F4O3/c1-3-5-6-7-17-8-9-19-18(17)10-11-22(19)29(34)36-24-15-13-21(26(31)28(24)33)20-12-14-23(35-16-4-2)27(32)25(20)30/h12-15,17-19,22H,3-11,16H2,1-2H3. The Hall–Kier alpha value is -2.57. The molecule has 0 bridgehead atoms. The van der Waals surface area contributed by atoms with Crippen LogP contribution in [0, 0.1) is 46.9 Å². The van der Waals surface area contributed by atoms with Crippen LogP contribution in [-0.4, -0.2) is 12.6 Å². The average Bonchev–Trinajstić information content (AvgIpc) is 3.47. The van der Waals surface area contributed by atoms with Crippen LogP contribution in [0.1, 0.15) is 71.6 Å². The summed E-state index contributed by atoms with van der Waals surface area (Å²) in [6.45, 7) is 4.20. The third kappa shape index (κ3) is 5.25. The lowest BCUT2D eigenvalue weighted by Crippen LogP contribution is -2.25. The Bertz CT molecular complexity index is 1090. The molecule has 2 saturated carbocycles. The van der Waals surface area contributed by atoms with Gasteiger partial charge in [0.05, 0.1) is 12.5 Å². The number of fused-ring (bicyclic) bond motifs is 1. The van der Waals surface area contributed by atoms with E-state index in [1.54, 1.807) is 0 Å². The first-order valence-corrected chi connectivity index (χ1v) is 13.2. The molecule has 0 aromatic heterocycles. The topological polar surface area (TPSA) is 35.5 Å². The van der Waals surface area contributed by atoms with Gasteiger partial charge in [-0.2, -0.15) is 8.78 Å². The van der Waals surface area contributed by atoms with Crippen LogP contribution in [0.3, 0.4) is 0 Å². The fourth-order valence-corrected chi connectivity index (χ4v) is 6.09. The van der Waals surface area contributed by atoms with Gasteiger partial charge in [-0.15, -0.1) is 0 Å². The molecule has 0 radical (unpaired) electrons. The summed E-state index contributed by atoms with van der Waals surface area (Å²) in [5, 5.41) is 0. The molecule has 2 fully saturated rings. The molecule has 0 heterocycles. The Morgan fingerprint density at radius 3 is 2.08 bits per heavy atom. The number of unbranched alkanes of at least 4 members (excludes halogenated alkanes) is 2. The molecule has 4 rings (SSSR count). The van der Waals surface area contributed by atoms with E-state index in [9.17, 15) is 22.4 Å². The molecule has 0 spiro atoms. The molecule has 196 valence electrons. The van der Waals surface area contributed by atoms with Crippen LogP contribution in [0.15, 0.2) is 24.3 Å². The summed E-state index contributed by atoms with van der Waals surface area (Å²) in [6, 6.07) is 4.52. The molecule has 0 amide bonds. The highest BCUT2D eigenvalue weighted by atomic mass is 19.2. The summed E-state index contributed by atoms with van der Waals surface area (Å²) in [7, 11) is 0. The second kappa shape index (κ2) is 11.7. The fourth-order valence-electron chi connectivity index (χ4n) is 6.09. The maximum Gasteiger partial charge on any atom is 0.314 e. The molecular formula is C29H34F4O3. The molecule has 4 unspecified atom stereocenters. The van der Waals surface area contributed by atoms with Crippen molar-refractivity contribution in [2.75, 3.05) is 6.61 Å². The molecule has 0 saturated heterocycles. The normalized spacial score (nSPS) is 23.1. The van der Waals surface area contributed by atoms with E-state index in [4.69, 9.17) is 9.47 Å². The number of hydrogen-bond acceptors (Lipinski definition) is 3. The van der Waals surface area contributed by atoms with Gasteiger partial charge in [-0.05, 0) is 74.1 Å². The number of rotatable bonds is 10. The summed E-state index contributed by atoms with van der Waals surface area (Å²) in [6.07, 6.45) is 9.09. The van der Waals surface area contributed by atoms with Gasteiger partial charge in [-0.25, -0.2) is 8.78 Å². The lowest BCUT2D eigenvalue weighted by molar-refractivity contribution is -0.140. The second-order valence-electron chi connectivity index (χ2n) is 10.1. The summed E-state index contributed by atoms with van der Waals surface area (Å²) in [5.41, 5.74) is -0.901. The highest BCUT2D eigenvalue weighted by Gasteiger charge is 2.47. The highest BCUT2D eigenvalue weighted by molar-refractivity contribution is 5.76. The molecule has 7 heteroatoms. The number of benzene rings is 2. The van der Waals surface area contributed by atoms with Crippen LogP contribution >= 0.6 is 0 Å². The van der Waals surface area contributed by atoms with Crippen molar-refractivity contribution in [3.8, 4) is 22.6 Å². The van der Waals surface area contributed by atoms with Crippen molar-refractivity contribution >= 4 is 5.97 Å². The first-order chi connectivity index (χ1) is 17.4. The van der Waals surface area contributed by atoms with Gasteiger partial charge in [0.1, 0.15) is 0 Å². The SMILES string of the molecule is CCCCCC1CCC2C(C(=O)Oc3ccc(-c4ccc(OCCC)c(F)c4F)c(F)c3F)CCC12. The van der Waals surface area contributed by atoms with Gasteiger partial charge in [0.15, 0.2) is 23.1 Å². The van der Waals surface area contributed by atoms with E-state index in [2.05, 4.69) is 6.92 Å². The van der Waals surface area contributed by atoms with Crippen LogP contribution in [0.5, 0.6) is 11.5 Å². The summed E-state index contributed by atoms with van der Waals surface area (Å²) in [5.74, 6) is -5.76. The number of esters is 1. The van der Waals surface area contributed by atoms with Crippen molar-refractivity contribution < 1.29 is 31.8 Å². The van der Waals surface area contributed by atoms with Crippen molar-refractivity contribution in [1.82, 2.24) is 0 Å². The quantitative estimate of drug-likeness (QED) is 0.141. The lowest BCUT2D eigenvalue weighted by atomic mass is 9.86. The lowest BCUT2D eigenvalue weighted by Gasteiger charge is -2.20. The molecule has 2 aliphatic carbocycles. The van der Waals surface area contributed by atoms with Crippen LogP contribution in [0.4, 0.5) is 17.6 Å². The Labute approximate surface area is 210 Å². The van der Waals surface area contributed by atoms with E-state index < -0.39 is 46.1 Å². The number of hydrogen-bond donors (Lipinski definition) is 0. The second-order valence-corrected chi connectivity index (χ2v) is 10.1. The zero-order valence-corrected chi connectivity index (χ0v) is 20.9. The smallest absolute Gasteiger partial charge is 0.314 e. The molecule has 2 aliphatic rings. The zero-order chi connectivity index (χ0) is 25.8. The molecule has 3 nitrogen and oxygen atoms in total. The molecular weight excluding hydrogens is 472 g/mol. The van der Waals surface area contributed by atoms with Crippen LogP contribution < -0.4 is 9.47 Å². The first-order valence-electron chi connectivity index (χ1n) is 13.2. The third-order valence-corrected chi connectivity index (χ3v) is 7.89. The average molecular weight is 507 g/mol. The highest BCUT2D eigenvalue weighted by Crippen LogP contribution is 2.52. The zero-order valence-electron chi connectivity index (χ0n) is 20.9. The maximum atomic E-state index is 14.9. The first kappa shape index (κ1) is 26.5. The van der Waals surface area contributed by atoms with Crippen molar-refractivity contribution in [1.29, 1.82) is 0 Å². The molecule has 4 atom stereocenters. The fraction of sp³-hybridized carbons (Fsp3) is 0.552. The molecule has 0 N–H and O–H groups in total. The van der Waals surface area contributed by atoms with E-state index in [1.165, 1.54) is 31.7 Å². The van der Waals surface area contributed by atoms with E-state index >= 15 is 0 Å². The van der Waals surface area contributed by atoms with E-state index in [0.29, 0.717) is 24.7 Å². The van der Waals surface area contributed by atoms with Gasteiger partial charge in [-0.3, -0.25) is 4.79 Å². The van der Waals surface area contributed by atoms with Crippen LogP contribution in [0.25, 0.3) is 11.1 Å². The Morgan fingerprint density at radius 2 is 1.42 bits per heavy atom. The number of carbonyl (C=O) groups is 1. The predicted molar refractivity (Wildman–Crippen MR) is 130 cm³/mol. The summed E-state index contributed by atoms with van der Waals surface area (Å²) < 4.78 is 69.3. The molecule has 36 heavy (non-hydrogen) atoms. The Morgan fingerprint density at radius 1 is 0.778 bits per heavy atom. The minimum Gasteiger partial charge on any atom is -0.490 e. The number of halogens is 4. The molecule has 2 aromatic rings. The van der Waals surface area contributed by atoms with Gasteiger partial charge >= 0.3 is 5.97 Å². The Kier molecular flexibility index (Phi) is 8.58. The van der Waals surface area contributed by atoms with E-state index in [1.807, 2.05) is 6.92 Å². The third-order valence-electron chi connectivity index (χ3n) is 7.89. The minimum absolute atomic E-state index is 0.195. The molecule has 2 aromatic carbocycles. The largest absolute Gasteiger partial charge is 0.490 e. The predicted octanol–water partition coefficient (Wildman–Crippen LogP) is 8.24. The minimum atomic E-state index is -1.40. The summed E-state index contributed by atoms with van der Waals surface area (Å²) in [4.78, 5) is 12.9. The van der Waals surface area contributed by atoms with Gasteiger partial charge in [0.2, 0.25) is 11.6 Å². The Balaban J connectivity index is 1.47. The van der Waals surface area contributed by atoms with Gasteiger partial charge in [0.25, 0.3) is 0 Å². The molecule has 0 aliphatic heterocycles. The summed E-state index contributed by atoms with van der Waals surface area (Å²) >= 11 is 0. The van der Waals surface area contributed by atoms with Crippen LogP contribution in [0.2, 0.25) is 0 Å². The van der Waals surface area contributed by atoms with Crippen molar-refractivity contribution in [2.24, 2.45) is 23.7 Å². The monoisotopic (exact) mass is 506 g/mol. The van der Waals surface area contributed by atoms with Crippen molar-refractivity contribution in [3.63, 3.8) is 0 Å². The van der Waals surface area contributed by atoms with Gasteiger partial charge in [0, 0.05) is 11.1 Å². The van der Waals surface area contributed by atoms with Gasteiger partial charge < -0.3 is 9.47 Å². The van der Waals surface area contributed by atoms with Crippen LogP contribution in [-0.2, 0) is 4.79 Å². The van der Waals surface area contributed by atoms with Crippen molar-refractivity contribution in [3.05, 3.63) is 47.5 Å². The van der Waals surface area contributed by atoms with E-state index in [-0.39, 0.29) is 24.2 Å². The number of carbonyl (C=O) groups excluding carboxylic acids is 1. The number of ether oxygens (including phenoxy) is 2. The maximum absolute atomic E-state index is 14.9. The van der Waals surface area contributed by atoms with Gasteiger partial charge in [-0.1, -0.05) is 39.5 Å². The van der Waals surface area contributed by atoms with E-state index in [0.717, 1.165) is 37.5 Å². The van der Waals surface area contributed by atoms with Crippen molar-refractivity contribution in [2.45, 2.75) is 71.6 Å².